The maximum absolute atomic E-state index is 11.0. The molecule has 134 valence electrons. The molecule has 0 aromatic heterocycles. The summed E-state index contributed by atoms with van der Waals surface area (Å²) < 4.78 is 0. The highest BCUT2D eigenvalue weighted by atomic mass is 16.4. The van der Waals surface area contributed by atoms with Crippen LogP contribution in [0.2, 0.25) is 0 Å². The Kier molecular flexibility index (Phi) is 6.46. The van der Waals surface area contributed by atoms with Gasteiger partial charge in [0.05, 0.1) is 5.92 Å². The lowest BCUT2D eigenvalue weighted by atomic mass is 9.80. The van der Waals surface area contributed by atoms with Gasteiger partial charge < -0.3 is 10.2 Å². The first-order valence-corrected chi connectivity index (χ1v) is 9.12. The quantitative estimate of drug-likeness (QED) is 0.811. The van der Waals surface area contributed by atoms with Crippen LogP contribution >= 0.6 is 0 Å². The predicted molar refractivity (Wildman–Crippen MR) is 91.2 cm³/mol. The standard InChI is InChI=1S/C18H34N2O3/c1-18(2,3)12-14-4-8-19(9-5-14)13-16(21)20-10-6-15(7-11-20)17(22)23/h14-16,21H,4-13H2,1-3H3,(H,22,23). The number of nitrogens with zero attached hydrogens (tertiary/aromatic N) is 2. The Labute approximate surface area is 140 Å². The minimum atomic E-state index is -0.694. The van der Waals surface area contributed by atoms with Gasteiger partial charge in [-0.05, 0) is 56.5 Å². The summed E-state index contributed by atoms with van der Waals surface area (Å²) in [7, 11) is 0. The zero-order valence-corrected chi connectivity index (χ0v) is 15.0. The topological polar surface area (TPSA) is 64.0 Å². The van der Waals surface area contributed by atoms with Crippen LogP contribution in [-0.4, -0.2) is 64.9 Å². The number of β-amino-alcohol motifs (C(OH)–C–C–N with tert-alkyl or cyclic N) is 1. The molecular weight excluding hydrogens is 292 g/mol. The fourth-order valence-corrected chi connectivity index (χ4v) is 4.03. The van der Waals surface area contributed by atoms with Crippen LogP contribution in [0, 0.1) is 17.3 Å². The molecule has 1 atom stereocenters. The maximum Gasteiger partial charge on any atom is 0.306 e. The Balaban J connectivity index is 1.69. The van der Waals surface area contributed by atoms with Crippen molar-refractivity contribution >= 4 is 5.97 Å². The van der Waals surface area contributed by atoms with E-state index in [0.717, 1.165) is 19.0 Å². The molecule has 2 heterocycles. The molecule has 0 radical (unpaired) electrons. The average molecular weight is 326 g/mol. The van der Waals surface area contributed by atoms with E-state index in [4.69, 9.17) is 5.11 Å². The van der Waals surface area contributed by atoms with Crippen molar-refractivity contribution in [1.82, 2.24) is 9.80 Å². The van der Waals surface area contributed by atoms with Gasteiger partial charge in [0.15, 0.2) is 0 Å². The van der Waals surface area contributed by atoms with Gasteiger partial charge in [0.25, 0.3) is 0 Å². The van der Waals surface area contributed by atoms with E-state index in [1.165, 1.54) is 19.3 Å². The normalized spacial score (nSPS) is 24.7. The first-order chi connectivity index (χ1) is 10.7. The average Bonchev–Trinajstić information content (AvgIpc) is 2.48. The number of hydrogen-bond donors (Lipinski definition) is 2. The van der Waals surface area contributed by atoms with Gasteiger partial charge in [-0.2, -0.15) is 0 Å². The Bertz CT molecular complexity index is 378. The second-order valence-electron chi connectivity index (χ2n) is 8.64. The first kappa shape index (κ1) is 18.7. The van der Waals surface area contributed by atoms with Crippen LogP contribution in [0.25, 0.3) is 0 Å². The number of carboxylic acids is 1. The summed E-state index contributed by atoms with van der Waals surface area (Å²) in [5.74, 6) is -0.110. The molecule has 0 aromatic carbocycles. The fraction of sp³-hybridized carbons (Fsp3) is 0.944. The molecule has 1 unspecified atom stereocenters. The van der Waals surface area contributed by atoms with E-state index >= 15 is 0 Å². The number of carboxylic acid groups (broad SMARTS) is 1. The molecule has 5 heteroatoms. The number of aliphatic hydroxyl groups excluding tert-OH is 1. The summed E-state index contributed by atoms with van der Waals surface area (Å²) in [6, 6.07) is 0. The minimum Gasteiger partial charge on any atom is -0.481 e. The van der Waals surface area contributed by atoms with Gasteiger partial charge in [0, 0.05) is 19.6 Å². The molecule has 2 aliphatic rings. The highest BCUT2D eigenvalue weighted by Crippen LogP contribution is 2.31. The SMILES string of the molecule is CC(C)(C)CC1CCN(CC(O)N2CCC(C(=O)O)CC2)CC1. The number of aliphatic hydroxyl groups is 1. The number of aliphatic carboxylic acids is 1. The second-order valence-corrected chi connectivity index (χ2v) is 8.64. The molecule has 2 fully saturated rings. The number of hydrogen-bond acceptors (Lipinski definition) is 4. The third-order valence-corrected chi connectivity index (χ3v) is 5.33. The van der Waals surface area contributed by atoms with E-state index in [1.54, 1.807) is 0 Å². The summed E-state index contributed by atoms with van der Waals surface area (Å²) in [6.07, 6.45) is 4.59. The Morgan fingerprint density at radius 1 is 1.09 bits per heavy atom. The Morgan fingerprint density at radius 2 is 1.65 bits per heavy atom. The van der Waals surface area contributed by atoms with Gasteiger partial charge >= 0.3 is 5.97 Å². The number of piperidine rings is 2. The van der Waals surface area contributed by atoms with E-state index in [9.17, 15) is 9.90 Å². The number of carbonyl (C=O) groups is 1. The van der Waals surface area contributed by atoms with Crippen molar-refractivity contribution in [1.29, 1.82) is 0 Å². The van der Waals surface area contributed by atoms with Crippen LogP contribution in [0.5, 0.6) is 0 Å². The third-order valence-electron chi connectivity index (χ3n) is 5.33. The third kappa shape index (κ3) is 6.05. The van der Waals surface area contributed by atoms with Gasteiger partial charge in [-0.1, -0.05) is 20.8 Å². The second kappa shape index (κ2) is 7.95. The molecule has 0 bridgehead atoms. The van der Waals surface area contributed by atoms with Crippen LogP contribution in [0.3, 0.4) is 0 Å². The molecule has 2 aliphatic heterocycles. The fourth-order valence-electron chi connectivity index (χ4n) is 4.03. The lowest BCUT2D eigenvalue weighted by Crippen LogP contribution is -2.49. The molecule has 2 saturated heterocycles. The summed E-state index contributed by atoms with van der Waals surface area (Å²) in [5, 5.41) is 19.5. The lowest BCUT2D eigenvalue weighted by molar-refractivity contribution is -0.144. The van der Waals surface area contributed by atoms with E-state index in [2.05, 4.69) is 25.7 Å². The molecule has 0 aliphatic carbocycles. The van der Waals surface area contributed by atoms with Crippen molar-refractivity contribution in [3.05, 3.63) is 0 Å². The number of rotatable bonds is 5. The van der Waals surface area contributed by atoms with E-state index in [0.29, 0.717) is 37.9 Å². The molecule has 2 N–H and O–H groups in total. The monoisotopic (exact) mass is 326 g/mol. The summed E-state index contributed by atoms with van der Waals surface area (Å²) >= 11 is 0. The summed E-state index contributed by atoms with van der Waals surface area (Å²) in [5.41, 5.74) is 0.404. The van der Waals surface area contributed by atoms with E-state index < -0.39 is 12.2 Å². The van der Waals surface area contributed by atoms with Crippen molar-refractivity contribution < 1.29 is 15.0 Å². The van der Waals surface area contributed by atoms with Crippen molar-refractivity contribution in [2.24, 2.45) is 17.3 Å². The van der Waals surface area contributed by atoms with Gasteiger partial charge in [0.2, 0.25) is 0 Å². The first-order valence-electron chi connectivity index (χ1n) is 9.12. The molecule has 0 spiro atoms. The van der Waals surface area contributed by atoms with Crippen LogP contribution in [0.4, 0.5) is 0 Å². The van der Waals surface area contributed by atoms with Crippen LogP contribution in [0.15, 0.2) is 0 Å². The minimum absolute atomic E-state index is 0.230. The predicted octanol–water partition coefficient (Wildman–Crippen LogP) is 2.25. The zero-order chi connectivity index (χ0) is 17.0. The van der Waals surface area contributed by atoms with Gasteiger partial charge in [-0.25, -0.2) is 0 Å². The molecule has 0 amide bonds. The highest BCUT2D eigenvalue weighted by molar-refractivity contribution is 5.70. The van der Waals surface area contributed by atoms with Gasteiger partial charge in [-0.3, -0.25) is 14.6 Å². The highest BCUT2D eigenvalue weighted by Gasteiger charge is 2.30. The van der Waals surface area contributed by atoms with Crippen LogP contribution in [0.1, 0.15) is 52.9 Å². The van der Waals surface area contributed by atoms with Crippen molar-refractivity contribution in [2.45, 2.75) is 59.1 Å². The smallest absolute Gasteiger partial charge is 0.306 e. The lowest BCUT2D eigenvalue weighted by Gasteiger charge is -2.39. The van der Waals surface area contributed by atoms with Crippen molar-refractivity contribution in [3.63, 3.8) is 0 Å². The molecule has 23 heavy (non-hydrogen) atoms. The summed E-state index contributed by atoms with van der Waals surface area (Å²) in [6.45, 7) is 11.2. The van der Waals surface area contributed by atoms with E-state index in [1.807, 2.05) is 4.90 Å². The number of likely N-dealkylation sites (tertiary alicyclic amines) is 2. The van der Waals surface area contributed by atoms with Crippen LogP contribution < -0.4 is 0 Å². The maximum atomic E-state index is 11.0. The summed E-state index contributed by atoms with van der Waals surface area (Å²) in [4.78, 5) is 15.4. The zero-order valence-electron chi connectivity index (χ0n) is 15.0. The van der Waals surface area contributed by atoms with Gasteiger partial charge in [0.1, 0.15) is 6.23 Å². The van der Waals surface area contributed by atoms with E-state index in [-0.39, 0.29) is 5.92 Å². The Hall–Kier alpha value is -0.650. The van der Waals surface area contributed by atoms with Crippen LogP contribution in [-0.2, 0) is 4.79 Å². The van der Waals surface area contributed by atoms with Crippen molar-refractivity contribution in [3.8, 4) is 0 Å². The molecular formula is C18H34N2O3. The van der Waals surface area contributed by atoms with Gasteiger partial charge in [-0.15, -0.1) is 0 Å². The van der Waals surface area contributed by atoms with Crippen molar-refractivity contribution in [2.75, 3.05) is 32.7 Å². The molecule has 0 aromatic rings. The largest absolute Gasteiger partial charge is 0.481 e. The molecule has 0 saturated carbocycles. The Morgan fingerprint density at radius 3 is 2.13 bits per heavy atom. The molecule has 5 nitrogen and oxygen atoms in total. The molecule has 2 rings (SSSR count).